The number of aliphatic hydroxyl groups is 1. The van der Waals surface area contributed by atoms with E-state index in [0.29, 0.717) is 12.1 Å². The van der Waals surface area contributed by atoms with Gasteiger partial charge in [0.05, 0.1) is 0 Å². The van der Waals surface area contributed by atoms with Crippen molar-refractivity contribution in [2.24, 2.45) is 0 Å². The van der Waals surface area contributed by atoms with Gasteiger partial charge in [0.15, 0.2) is 0 Å². The van der Waals surface area contributed by atoms with Gasteiger partial charge in [-0.05, 0) is 41.2 Å². The predicted molar refractivity (Wildman–Crippen MR) is 85.2 cm³/mol. The molecule has 2 nitrogen and oxygen atoms in total. The number of nitrogens with zero attached hydrogens (tertiary/aromatic N) is 1. The van der Waals surface area contributed by atoms with Gasteiger partial charge in [-0.15, -0.1) is 0 Å². The summed E-state index contributed by atoms with van der Waals surface area (Å²) in [7, 11) is 0. The van der Waals surface area contributed by atoms with Crippen LogP contribution < -0.4 is 0 Å². The normalized spacial score (nSPS) is 10.0. The lowest BCUT2D eigenvalue weighted by atomic mass is 10.2. The highest BCUT2D eigenvalue weighted by atomic mass is 16.2. The fraction of sp³-hybridized carbons (Fsp3) is 1.00. The molecule has 2 heteroatoms. The second-order valence-corrected chi connectivity index (χ2v) is 5.04. The van der Waals surface area contributed by atoms with Crippen LogP contribution >= 0.6 is 0 Å². The van der Waals surface area contributed by atoms with E-state index in [1.54, 1.807) is 6.92 Å². The minimum absolute atomic E-state index is 0.250. The average molecular weight is 261 g/mol. The van der Waals surface area contributed by atoms with E-state index in [4.69, 9.17) is 5.11 Å². The van der Waals surface area contributed by atoms with Gasteiger partial charge >= 0.3 is 0 Å². The van der Waals surface area contributed by atoms with E-state index in [0.717, 1.165) is 6.54 Å². The van der Waals surface area contributed by atoms with Crippen LogP contribution in [0.4, 0.5) is 0 Å². The second kappa shape index (κ2) is 19.3. The quantitative estimate of drug-likeness (QED) is 0.700. The first kappa shape index (κ1) is 23.0. The highest BCUT2D eigenvalue weighted by Crippen LogP contribution is 2.02. The lowest BCUT2D eigenvalue weighted by molar-refractivity contribution is 0.185. The molecule has 0 fully saturated rings. The van der Waals surface area contributed by atoms with Gasteiger partial charge in [0.25, 0.3) is 0 Å². The summed E-state index contributed by atoms with van der Waals surface area (Å²) in [6, 6.07) is 1.38. The van der Waals surface area contributed by atoms with Crippen molar-refractivity contribution in [2.75, 3.05) is 13.2 Å². The predicted octanol–water partition coefficient (Wildman–Crippen LogP) is 4.71. The van der Waals surface area contributed by atoms with Crippen LogP contribution in [0.2, 0.25) is 0 Å². The van der Waals surface area contributed by atoms with Crippen molar-refractivity contribution in [2.45, 2.75) is 93.2 Å². The zero-order valence-corrected chi connectivity index (χ0v) is 14.3. The van der Waals surface area contributed by atoms with Gasteiger partial charge in [-0.1, -0.05) is 46.5 Å². The highest BCUT2D eigenvalue weighted by Gasteiger charge is 2.08. The molecule has 1 N–H and O–H groups in total. The van der Waals surface area contributed by atoms with E-state index in [-0.39, 0.29) is 6.61 Å². The van der Waals surface area contributed by atoms with Gasteiger partial charge in [0, 0.05) is 18.7 Å². The maximum atomic E-state index is 7.57. The lowest BCUT2D eigenvalue weighted by Gasteiger charge is -2.28. The Bertz CT molecular complexity index is 112. The number of rotatable bonds is 6. The Kier molecular flexibility index (Phi) is 24.7. The Morgan fingerprint density at radius 1 is 0.778 bits per heavy atom. The number of unbranched alkanes of at least 4 members (excludes halogenated alkanes) is 3. The molecule has 18 heavy (non-hydrogen) atoms. The molecule has 0 heterocycles. The SMILES string of the molecule is CCCCCC.CCN(C(C)C)C(C)C.CCO. The van der Waals surface area contributed by atoms with Crippen LogP contribution in [0.25, 0.3) is 0 Å². The standard InChI is InChI=1S/C8H19N.C6H14.C2H6O/c1-6-9(7(2)3)8(4)5;1-3-5-6-4-2;1-2-3/h7-8H,6H2,1-5H3;3-6H2,1-2H3;3H,2H2,1H3. The van der Waals surface area contributed by atoms with Crippen molar-refractivity contribution in [3.05, 3.63) is 0 Å². The first-order valence-corrected chi connectivity index (χ1v) is 7.79. The van der Waals surface area contributed by atoms with Crippen molar-refractivity contribution >= 4 is 0 Å². The fourth-order valence-electron chi connectivity index (χ4n) is 1.83. The summed E-state index contributed by atoms with van der Waals surface area (Å²) in [5.41, 5.74) is 0. The molecule has 0 aromatic carbocycles. The first-order chi connectivity index (χ1) is 8.42. The van der Waals surface area contributed by atoms with Crippen LogP contribution in [0, 0.1) is 0 Å². The molecule has 0 aliphatic heterocycles. The summed E-state index contributed by atoms with van der Waals surface area (Å²) in [6.07, 6.45) is 5.54. The molecule has 0 amide bonds. The summed E-state index contributed by atoms with van der Waals surface area (Å²) < 4.78 is 0. The van der Waals surface area contributed by atoms with Crippen molar-refractivity contribution in [3.8, 4) is 0 Å². The lowest BCUT2D eigenvalue weighted by Crippen LogP contribution is -2.36. The molecule has 0 saturated heterocycles. The van der Waals surface area contributed by atoms with Crippen LogP contribution in [0.15, 0.2) is 0 Å². The largest absolute Gasteiger partial charge is 0.397 e. The third kappa shape index (κ3) is 21.2. The van der Waals surface area contributed by atoms with E-state index in [1.807, 2.05) is 0 Å². The molecule has 0 spiro atoms. The third-order valence-electron chi connectivity index (χ3n) is 2.65. The van der Waals surface area contributed by atoms with Gasteiger partial charge in [0.2, 0.25) is 0 Å². The highest BCUT2D eigenvalue weighted by molar-refractivity contribution is 4.64. The molecule has 0 rings (SSSR count). The second-order valence-electron chi connectivity index (χ2n) is 5.04. The zero-order valence-electron chi connectivity index (χ0n) is 14.3. The van der Waals surface area contributed by atoms with Crippen LogP contribution in [-0.4, -0.2) is 35.2 Å². The van der Waals surface area contributed by atoms with Crippen molar-refractivity contribution in [3.63, 3.8) is 0 Å². The molecule has 0 unspecified atom stereocenters. The fourth-order valence-corrected chi connectivity index (χ4v) is 1.83. The van der Waals surface area contributed by atoms with E-state index in [9.17, 15) is 0 Å². The van der Waals surface area contributed by atoms with Crippen molar-refractivity contribution < 1.29 is 5.11 Å². The molecule has 0 atom stereocenters. The number of hydrogen-bond donors (Lipinski definition) is 1. The summed E-state index contributed by atoms with van der Waals surface area (Å²) in [5.74, 6) is 0. The van der Waals surface area contributed by atoms with Gasteiger partial charge in [-0.3, -0.25) is 4.90 Å². The molecular formula is C16H39NO. The Morgan fingerprint density at radius 3 is 1.11 bits per heavy atom. The summed E-state index contributed by atoms with van der Waals surface area (Å²) >= 11 is 0. The van der Waals surface area contributed by atoms with Crippen LogP contribution in [-0.2, 0) is 0 Å². The van der Waals surface area contributed by atoms with Crippen LogP contribution in [0.1, 0.15) is 81.1 Å². The molecular weight excluding hydrogens is 222 g/mol. The third-order valence-corrected chi connectivity index (χ3v) is 2.65. The van der Waals surface area contributed by atoms with Crippen LogP contribution in [0.5, 0.6) is 0 Å². The molecule has 0 aliphatic carbocycles. The molecule has 0 bridgehead atoms. The summed E-state index contributed by atoms with van der Waals surface area (Å²) in [4.78, 5) is 2.46. The molecule has 0 radical (unpaired) electrons. The van der Waals surface area contributed by atoms with E-state index >= 15 is 0 Å². The van der Waals surface area contributed by atoms with E-state index in [1.165, 1.54) is 25.7 Å². The number of aliphatic hydroxyl groups excluding tert-OH is 1. The van der Waals surface area contributed by atoms with Gasteiger partial charge in [-0.2, -0.15) is 0 Å². The summed E-state index contributed by atoms with van der Waals surface area (Å²) in [5, 5.41) is 7.57. The van der Waals surface area contributed by atoms with Gasteiger partial charge in [-0.25, -0.2) is 0 Å². The number of hydrogen-bond acceptors (Lipinski definition) is 2. The van der Waals surface area contributed by atoms with Crippen LogP contribution in [0.3, 0.4) is 0 Å². The minimum atomic E-state index is 0.250. The van der Waals surface area contributed by atoms with Crippen molar-refractivity contribution in [1.29, 1.82) is 0 Å². The smallest absolute Gasteiger partial charge is 0.0402 e. The molecule has 0 aromatic heterocycles. The van der Waals surface area contributed by atoms with E-state index in [2.05, 4.69) is 53.4 Å². The Labute approximate surface area is 117 Å². The van der Waals surface area contributed by atoms with Gasteiger partial charge in [0.1, 0.15) is 0 Å². The maximum absolute atomic E-state index is 7.57. The zero-order chi connectivity index (χ0) is 15.0. The Hall–Kier alpha value is -0.0800. The van der Waals surface area contributed by atoms with Gasteiger partial charge < -0.3 is 5.11 Å². The summed E-state index contributed by atoms with van der Waals surface area (Å²) in [6.45, 7) is 18.7. The Balaban J connectivity index is -0.000000216. The molecule has 114 valence electrons. The minimum Gasteiger partial charge on any atom is -0.397 e. The topological polar surface area (TPSA) is 23.5 Å². The monoisotopic (exact) mass is 261 g/mol. The molecule has 0 aromatic rings. The first-order valence-electron chi connectivity index (χ1n) is 7.79. The van der Waals surface area contributed by atoms with E-state index < -0.39 is 0 Å². The maximum Gasteiger partial charge on any atom is 0.0402 e. The molecule has 0 saturated carbocycles. The van der Waals surface area contributed by atoms with Crippen molar-refractivity contribution in [1.82, 2.24) is 4.90 Å². The Morgan fingerprint density at radius 2 is 1.06 bits per heavy atom. The average Bonchev–Trinajstić information content (AvgIpc) is 2.28. The molecule has 0 aliphatic rings.